The number of benzene rings is 1. The summed E-state index contributed by atoms with van der Waals surface area (Å²) in [5.41, 5.74) is -0.386. The third-order valence-electron chi connectivity index (χ3n) is 5.60. The van der Waals surface area contributed by atoms with E-state index in [1.165, 1.54) is 25.5 Å². The lowest BCUT2D eigenvalue weighted by atomic mass is 9.76. The van der Waals surface area contributed by atoms with Crippen molar-refractivity contribution in [3.05, 3.63) is 58.3 Å². The van der Waals surface area contributed by atoms with Crippen LogP contribution in [0.2, 0.25) is 0 Å². The highest BCUT2D eigenvalue weighted by Gasteiger charge is 2.68. The maximum Gasteiger partial charge on any atom is 0.327 e. The van der Waals surface area contributed by atoms with E-state index >= 15 is 0 Å². The average molecular weight is 384 g/mol. The van der Waals surface area contributed by atoms with Crippen molar-refractivity contribution in [2.45, 2.75) is 18.0 Å². The van der Waals surface area contributed by atoms with E-state index in [-0.39, 0.29) is 18.2 Å². The minimum atomic E-state index is -1.28. The van der Waals surface area contributed by atoms with Gasteiger partial charge in [0.25, 0.3) is 0 Å². The lowest BCUT2D eigenvalue weighted by Crippen LogP contribution is -2.57. The van der Waals surface area contributed by atoms with Crippen LogP contribution in [0.5, 0.6) is 0 Å². The summed E-state index contributed by atoms with van der Waals surface area (Å²) in [4.78, 5) is 40.9. The van der Waals surface area contributed by atoms with Crippen LogP contribution in [0.25, 0.3) is 0 Å². The van der Waals surface area contributed by atoms with Gasteiger partial charge in [0.2, 0.25) is 11.8 Å². The molecule has 7 heteroatoms. The molecule has 2 fully saturated rings. The van der Waals surface area contributed by atoms with Crippen molar-refractivity contribution in [1.82, 2.24) is 10.2 Å². The number of hydrogen-bond donors (Lipinski definition) is 1. The Hall–Kier alpha value is -2.51. The van der Waals surface area contributed by atoms with Gasteiger partial charge in [0.1, 0.15) is 5.54 Å². The summed E-state index contributed by atoms with van der Waals surface area (Å²) in [6, 6.07) is 12.9. The van der Waals surface area contributed by atoms with Crippen LogP contribution in [0.4, 0.5) is 0 Å². The summed E-state index contributed by atoms with van der Waals surface area (Å²) in [7, 11) is 2.80. The first-order valence-corrected chi connectivity index (χ1v) is 9.62. The Morgan fingerprint density at radius 3 is 2.56 bits per heavy atom. The van der Waals surface area contributed by atoms with Gasteiger partial charge < -0.3 is 4.74 Å². The number of methoxy groups -OCH3 is 1. The van der Waals surface area contributed by atoms with Crippen molar-refractivity contribution < 1.29 is 19.1 Å². The summed E-state index contributed by atoms with van der Waals surface area (Å²) < 4.78 is 5.12. The van der Waals surface area contributed by atoms with Crippen molar-refractivity contribution in [3.8, 4) is 0 Å². The van der Waals surface area contributed by atoms with Gasteiger partial charge in [0.15, 0.2) is 0 Å². The van der Waals surface area contributed by atoms with E-state index in [0.717, 1.165) is 15.3 Å². The molecule has 2 amide bonds. The second kappa shape index (κ2) is 6.58. The maximum atomic E-state index is 13.0. The third-order valence-corrected chi connectivity index (χ3v) is 6.56. The van der Waals surface area contributed by atoms with Crippen molar-refractivity contribution in [1.29, 1.82) is 0 Å². The Balaban J connectivity index is 1.85. The third kappa shape index (κ3) is 2.61. The summed E-state index contributed by atoms with van der Waals surface area (Å²) in [6.07, 6.45) is 0.274. The summed E-state index contributed by atoms with van der Waals surface area (Å²) in [5.74, 6) is -2.52. The monoisotopic (exact) mass is 384 g/mol. The number of amides is 2. The Morgan fingerprint density at radius 2 is 1.93 bits per heavy atom. The van der Waals surface area contributed by atoms with E-state index in [9.17, 15) is 14.4 Å². The largest absolute Gasteiger partial charge is 0.468 e. The minimum Gasteiger partial charge on any atom is -0.468 e. The zero-order chi connectivity index (χ0) is 19.2. The van der Waals surface area contributed by atoms with Crippen molar-refractivity contribution in [3.63, 3.8) is 0 Å². The standard InChI is InChI=1S/C20H20N2O4S/c1-22-17(23)14-15(18(22)24)20(19(25)26-2,11-12-7-4-3-5-8-12)21-16(14)13-9-6-10-27-13/h3-10,14-16,21H,11H2,1-2H3/t14-,15+,16+,20+/m0/s1. The van der Waals surface area contributed by atoms with Crippen LogP contribution >= 0.6 is 11.3 Å². The Morgan fingerprint density at radius 1 is 1.19 bits per heavy atom. The van der Waals surface area contributed by atoms with E-state index in [1.807, 2.05) is 47.8 Å². The van der Waals surface area contributed by atoms with Gasteiger partial charge >= 0.3 is 5.97 Å². The summed E-state index contributed by atoms with van der Waals surface area (Å²) in [6.45, 7) is 0. The highest BCUT2D eigenvalue weighted by molar-refractivity contribution is 7.10. The molecule has 1 aromatic heterocycles. The smallest absolute Gasteiger partial charge is 0.327 e. The number of hydrogen-bond acceptors (Lipinski definition) is 6. The van der Waals surface area contributed by atoms with Crippen LogP contribution in [0.15, 0.2) is 47.8 Å². The van der Waals surface area contributed by atoms with Gasteiger partial charge in [-0.3, -0.25) is 24.6 Å². The van der Waals surface area contributed by atoms with Crippen LogP contribution in [-0.4, -0.2) is 42.4 Å². The molecule has 2 aromatic rings. The number of fused-ring (bicyclic) bond motifs is 1. The number of carbonyl (C=O) groups is 3. The number of nitrogens with one attached hydrogen (secondary N) is 1. The normalized spacial score (nSPS) is 29.9. The van der Waals surface area contributed by atoms with Crippen molar-refractivity contribution in [2.24, 2.45) is 11.8 Å². The topological polar surface area (TPSA) is 75.7 Å². The molecule has 0 saturated carbocycles. The Bertz CT molecular complexity index is 883. The lowest BCUT2D eigenvalue weighted by Gasteiger charge is -2.32. The fourth-order valence-electron chi connectivity index (χ4n) is 4.38. The van der Waals surface area contributed by atoms with Crippen LogP contribution < -0.4 is 5.32 Å². The summed E-state index contributed by atoms with van der Waals surface area (Å²) in [5, 5.41) is 5.28. The van der Waals surface area contributed by atoms with Crippen LogP contribution in [0, 0.1) is 11.8 Å². The first-order valence-electron chi connectivity index (χ1n) is 8.74. The van der Waals surface area contributed by atoms with Crippen molar-refractivity contribution >= 4 is 29.1 Å². The highest BCUT2D eigenvalue weighted by Crippen LogP contribution is 2.50. The molecule has 6 nitrogen and oxygen atoms in total. The molecular weight excluding hydrogens is 364 g/mol. The second-order valence-electron chi connectivity index (χ2n) is 7.00. The number of ether oxygens (including phenoxy) is 1. The second-order valence-corrected chi connectivity index (χ2v) is 7.98. The quantitative estimate of drug-likeness (QED) is 0.642. The molecule has 0 bridgehead atoms. The predicted molar refractivity (Wildman–Crippen MR) is 99.8 cm³/mol. The van der Waals surface area contributed by atoms with Gasteiger partial charge in [-0.25, -0.2) is 0 Å². The van der Waals surface area contributed by atoms with Gasteiger partial charge in [0.05, 0.1) is 25.0 Å². The number of esters is 1. The SMILES string of the molecule is COC(=O)[C@]1(Cc2ccccc2)N[C@H](c2cccs2)[C@H]2C(=O)N(C)C(=O)[C@@H]21. The van der Waals surface area contributed by atoms with E-state index in [0.29, 0.717) is 0 Å². The molecule has 0 radical (unpaired) electrons. The average Bonchev–Trinajstić information content (AvgIpc) is 3.37. The highest BCUT2D eigenvalue weighted by atomic mass is 32.1. The van der Waals surface area contributed by atoms with Crippen LogP contribution in [0.1, 0.15) is 16.5 Å². The molecule has 4 atom stereocenters. The van der Waals surface area contributed by atoms with E-state index in [2.05, 4.69) is 5.32 Å². The number of imide groups is 1. The maximum absolute atomic E-state index is 13.0. The first kappa shape index (κ1) is 17.9. The van der Waals surface area contributed by atoms with E-state index in [1.54, 1.807) is 0 Å². The first-order chi connectivity index (χ1) is 13.0. The van der Waals surface area contributed by atoms with E-state index in [4.69, 9.17) is 4.74 Å². The minimum absolute atomic E-state index is 0.255. The molecule has 4 rings (SSSR count). The van der Waals surface area contributed by atoms with Crippen LogP contribution in [0.3, 0.4) is 0 Å². The molecule has 2 aliphatic heterocycles. The van der Waals surface area contributed by atoms with Crippen LogP contribution in [-0.2, 0) is 25.5 Å². The zero-order valence-electron chi connectivity index (χ0n) is 15.0. The molecule has 1 N–H and O–H groups in total. The molecule has 0 spiro atoms. The molecule has 2 aliphatic rings. The number of nitrogens with zero attached hydrogens (tertiary/aromatic N) is 1. The lowest BCUT2D eigenvalue weighted by molar-refractivity contribution is -0.153. The Labute approximate surface area is 161 Å². The number of rotatable bonds is 4. The van der Waals surface area contributed by atoms with Gasteiger partial charge in [-0.05, 0) is 17.0 Å². The molecule has 140 valence electrons. The summed E-state index contributed by atoms with van der Waals surface area (Å²) >= 11 is 1.50. The molecule has 1 aromatic carbocycles. The van der Waals surface area contributed by atoms with Gasteiger partial charge in [-0.2, -0.15) is 0 Å². The molecular formula is C20H20N2O4S. The number of thiophene rings is 1. The van der Waals surface area contributed by atoms with Gasteiger partial charge in [0, 0.05) is 18.3 Å². The zero-order valence-corrected chi connectivity index (χ0v) is 15.9. The fourth-order valence-corrected chi connectivity index (χ4v) is 5.21. The molecule has 2 saturated heterocycles. The van der Waals surface area contributed by atoms with Gasteiger partial charge in [-0.15, -0.1) is 11.3 Å². The van der Waals surface area contributed by atoms with Gasteiger partial charge in [-0.1, -0.05) is 36.4 Å². The number of carbonyl (C=O) groups excluding carboxylic acids is 3. The van der Waals surface area contributed by atoms with E-state index < -0.39 is 29.4 Å². The Kier molecular flexibility index (Phi) is 4.36. The molecule has 27 heavy (non-hydrogen) atoms. The molecule has 0 aliphatic carbocycles. The predicted octanol–water partition coefficient (Wildman–Crippen LogP) is 1.78. The molecule has 3 heterocycles. The number of likely N-dealkylation sites (tertiary alicyclic amines) is 1. The fraction of sp³-hybridized carbons (Fsp3) is 0.350. The molecule has 0 unspecified atom stereocenters. The van der Waals surface area contributed by atoms with Crippen molar-refractivity contribution in [2.75, 3.05) is 14.2 Å².